The lowest BCUT2D eigenvalue weighted by atomic mass is 10.2. The third kappa shape index (κ3) is 6.42. The molecule has 11 heteroatoms. The van der Waals surface area contributed by atoms with Crippen LogP contribution in [0.15, 0.2) is 41.2 Å². The van der Waals surface area contributed by atoms with E-state index in [2.05, 4.69) is 0 Å². The Bertz CT molecular complexity index is 1270. The minimum Gasteiger partial charge on any atom is -0.492 e. The molecule has 1 heterocycles. The van der Waals surface area contributed by atoms with E-state index in [4.69, 9.17) is 20.9 Å². The molecule has 0 aliphatic carbocycles. The molecule has 0 spiro atoms. The highest BCUT2D eigenvalue weighted by molar-refractivity contribution is 7.85. The zero-order valence-corrected chi connectivity index (χ0v) is 20.3. The largest absolute Gasteiger partial charge is 0.492 e. The van der Waals surface area contributed by atoms with Crippen LogP contribution in [0.3, 0.4) is 0 Å². The average Bonchev–Trinajstić information content (AvgIpc) is 2.76. The Hall–Kier alpha value is -1.79. The molecule has 0 bridgehead atoms. The van der Waals surface area contributed by atoms with Crippen molar-refractivity contribution in [2.75, 3.05) is 51.8 Å². The van der Waals surface area contributed by atoms with Gasteiger partial charge in [-0.15, -0.1) is 11.3 Å². The first kappa shape index (κ1) is 25.8. The molecule has 1 aromatic heterocycles. The van der Waals surface area contributed by atoms with Gasteiger partial charge in [0.2, 0.25) is 0 Å². The van der Waals surface area contributed by atoms with Gasteiger partial charge >= 0.3 is 0 Å². The molecule has 0 unspecified atom stereocenters. The van der Waals surface area contributed by atoms with Crippen LogP contribution < -0.4 is 10.2 Å². The van der Waals surface area contributed by atoms with Crippen LogP contribution in [0.1, 0.15) is 6.42 Å². The van der Waals surface area contributed by atoms with Crippen molar-refractivity contribution >= 4 is 53.2 Å². The summed E-state index contributed by atoms with van der Waals surface area (Å²) in [5.41, 5.74) is -0.151. The first-order valence-corrected chi connectivity index (χ1v) is 13.3. The number of aliphatic hydroxyl groups is 2. The van der Waals surface area contributed by atoms with Gasteiger partial charge in [-0.3, -0.25) is 9.35 Å². The van der Waals surface area contributed by atoms with Gasteiger partial charge in [0.25, 0.3) is 10.1 Å². The molecule has 0 aliphatic rings. The summed E-state index contributed by atoms with van der Waals surface area (Å²) >= 11 is 7.75. The zero-order chi connectivity index (χ0) is 24.1. The molecule has 180 valence electrons. The van der Waals surface area contributed by atoms with Crippen LogP contribution >= 0.6 is 22.9 Å². The van der Waals surface area contributed by atoms with Crippen molar-refractivity contribution in [2.24, 2.45) is 0 Å². The van der Waals surface area contributed by atoms with Crippen LogP contribution in [-0.4, -0.2) is 79.4 Å². The van der Waals surface area contributed by atoms with Crippen molar-refractivity contribution < 1.29 is 32.4 Å². The van der Waals surface area contributed by atoms with Gasteiger partial charge in [-0.25, -0.2) is 0 Å². The molecule has 0 aliphatic heterocycles. The third-order valence-corrected chi connectivity index (χ3v) is 7.85. The monoisotopic (exact) mass is 516 g/mol. The molecule has 3 N–H and O–H groups in total. The summed E-state index contributed by atoms with van der Waals surface area (Å²) in [5.74, 6) is 0.0686. The molecular weight excluding hydrogens is 490 g/mol. The summed E-state index contributed by atoms with van der Waals surface area (Å²) in [6.07, 6.45) is 0.498. The minimum absolute atomic E-state index is 0.0669. The lowest BCUT2D eigenvalue weighted by Gasteiger charge is -2.37. The number of halogens is 1. The van der Waals surface area contributed by atoms with Crippen LogP contribution in [0, 0.1) is 0 Å². The lowest BCUT2D eigenvalue weighted by molar-refractivity contribution is -0.926. The second-order valence-electron chi connectivity index (χ2n) is 7.85. The maximum absolute atomic E-state index is 13.0. The number of rotatable bonds is 12. The molecule has 0 amide bonds. The summed E-state index contributed by atoms with van der Waals surface area (Å²) in [5, 5.41) is 20.3. The Morgan fingerprint density at radius 1 is 1.00 bits per heavy atom. The van der Waals surface area contributed by atoms with Crippen LogP contribution in [0.2, 0.25) is 5.02 Å². The van der Waals surface area contributed by atoms with Crippen molar-refractivity contribution in [2.45, 2.75) is 6.42 Å². The van der Waals surface area contributed by atoms with Crippen molar-refractivity contribution in [3.05, 3.63) is 51.6 Å². The Morgan fingerprint density at radius 2 is 1.70 bits per heavy atom. The fraction of sp³-hybridized carbons (Fsp3) is 0.409. The molecular formula is C22H27ClNO7S2+. The summed E-state index contributed by atoms with van der Waals surface area (Å²) < 4.78 is 39.2. The summed E-state index contributed by atoms with van der Waals surface area (Å²) in [4.78, 5) is 13.0. The highest BCUT2D eigenvalue weighted by Gasteiger charge is 2.28. The molecule has 8 nitrogen and oxygen atoms in total. The van der Waals surface area contributed by atoms with E-state index in [1.165, 1.54) is 11.3 Å². The second-order valence-corrected chi connectivity index (χ2v) is 10.9. The Morgan fingerprint density at radius 3 is 2.36 bits per heavy atom. The first-order valence-electron chi connectivity index (χ1n) is 10.5. The van der Waals surface area contributed by atoms with Gasteiger partial charge in [0, 0.05) is 16.5 Å². The topological polar surface area (TPSA) is 121 Å². The molecule has 0 fully saturated rings. The molecule has 0 atom stereocenters. The maximum atomic E-state index is 13.0. The van der Waals surface area contributed by atoms with Gasteiger partial charge in [-0.2, -0.15) is 8.42 Å². The third-order valence-electron chi connectivity index (χ3n) is 5.65. The molecule has 0 saturated carbocycles. The minimum atomic E-state index is -4.17. The number of fused-ring (bicyclic) bond motifs is 2. The van der Waals surface area contributed by atoms with Gasteiger partial charge in [-0.05, 0) is 24.3 Å². The quantitative estimate of drug-likeness (QED) is 0.146. The van der Waals surface area contributed by atoms with Gasteiger partial charge < -0.3 is 19.4 Å². The highest BCUT2D eigenvalue weighted by Crippen LogP contribution is 2.35. The fourth-order valence-electron chi connectivity index (χ4n) is 3.94. The van der Waals surface area contributed by atoms with Gasteiger partial charge in [-0.1, -0.05) is 23.7 Å². The van der Waals surface area contributed by atoms with E-state index in [0.717, 1.165) is 4.70 Å². The Labute approximate surface area is 200 Å². The molecule has 0 radical (unpaired) electrons. The van der Waals surface area contributed by atoms with Crippen molar-refractivity contribution in [1.82, 2.24) is 0 Å². The maximum Gasteiger partial charge on any atom is 0.270 e. The number of ether oxygens (including phenoxy) is 1. The molecule has 3 aromatic rings. The van der Waals surface area contributed by atoms with E-state index >= 15 is 0 Å². The van der Waals surface area contributed by atoms with E-state index in [-0.39, 0.29) is 49.4 Å². The Kier molecular flexibility index (Phi) is 8.68. The summed E-state index contributed by atoms with van der Waals surface area (Å²) in [7, 11) is -4.17. The lowest BCUT2D eigenvalue weighted by Crippen LogP contribution is -2.54. The van der Waals surface area contributed by atoms with E-state index in [1.807, 2.05) is 18.2 Å². The SMILES string of the molecule is O=c1c2ccccc2sc2c(OCCC[N+](CCO)(CCO)CCS(=O)(=O)O)ccc(Cl)c12. The summed E-state index contributed by atoms with van der Waals surface area (Å²) in [6, 6.07) is 10.7. The number of benzene rings is 2. The van der Waals surface area contributed by atoms with Crippen LogP contribution in [0.4, 0.5) is 0 Å². The van der Waals surface area contributed by atoms with Gasteiger partial charge in [0.1, 0.15) is 24.6 Å². The average molecular weight is 517 g/mol. The van der Waals surface area contributed by atoms with E-state index in [1.54, 1.807) is 18.2 Å². The van der Waals surface area contributed by atoms with Crippen molar-refractivity contribution in [3.63, 3.8) is 0 Å². The number of hydrogen-bond acceptors (Lipinski definition) is 7. The summed E-state index contributed by atoms with van der Waals surface area (Å²) in [6.45, 7) is 0.886. The van der Waals surface area contributed by atoms with Crippen LogP contribution in [-0.2, 0) is 10.1 Å². The predicted molar refractivity (Wildman–Crippen MR) is 131 cm³/mol. The van der Waals surface area contributed by atoms with Crippen LogP contribution in [0.25, 0.3) is 20.2 Å². The molecule has 3 rings (SSSR count). The first-order chi connectivity index (χ1) is 15.7. The molecule has 2 aromatic carbocycles. The van der Waals surface area contributed by atoms with Crippen molar-refractivity contribution in [3.8, 4) is 5.75 Å². The number of nitrogens with zero attached hydrogens (tertiary/aromatic N) is 1. The normalized spacial score (nSPS) is 12.5. The highest BCUT2D eigenvalue weighted by atomic mass is 35.5. The standard InChI is InChI=1S/C22H26ClNO7S2/c23-17-6-7-18(22-20(17)21(27)16-4-1-2-5-19(16)32-22)31-14-3-8-24(9-12-25,10-13-26)11-15-33(28,29)30/h1-2,4-7,25-26H,3,8-15H2/p+1. The second kappa shape index (κ2) is 11.1. The predicted octanol–water partition coefficient (Wildman–Crippen LogP) is 2.53. The van der Waals surface area contributed by atoms with E-state index < -0.39 is 15.9 Å². The fourth-order valence-corrected chi connectivity index (χ4v) is 6.03. The Balaban J connectivity index is 1.79. The molecule has 0 saturated heterocycles. The van der Waals surface area contributed by atoms with E-state index in [0.29, 0.717) is 39.2 Å². The number of aliphatic hydroxyl groups excluding tert-OH is 2. The zero-order valence-electron chi connectivity index (χ0n) is 17.9. The van der Waals surface area contributed by atoms with Gasteiger partial charge in [0.05, 0.1) is 48.0 Å². The van der Waals surface area contributed by atoms with E-state index in [9.17, 15) is 23.4 Å². The van der Waals surface area contributed by atoms with Gasteiger partial charge in [0.15, 0.2) is 5.43 Å². The number of quaternary nitrogens is 1. The number of hydrogen-bond donors (Lipinski definition) is 3. The van der Waals surface area contributed by atoms with Crippen molar-refractivity contribution in [1.29, 1.82) is 0 Å². The van der Waals surface area contributed by atoms with Crippen LogP contribution in [0.5, 0.6) is 5.75 Å². The smallest absolute Gasteiger partial charge is 0.270 e. The molecule has 33 heavy (non-hydrogen) atoms.